The molecule has 11 heteroatoms. The van der Waals surface area contributed by atoms with Gasteiger partial charge in [0.15, 0.2) is 0 Å². The Morgan fingerprint density at radius 3 is 2.31 bits per heavy atom. The van der Waals surface area contributed by atoms with E-state index in [1.54, 1.807) is 20.8 Å². The number of fused-ring (bicyclic) bond motifs is 1. The largest absolute Gasteiger partial charge is 0.444 e. The van der Waals surface area contributed by atoms with E-state index >= 15 is 0 Å². The third kappa shape index (κ3) is 14.7. The van der Waals surface area contributed by atoms with Gasteiger partial charge in [0, 0.05) is 20.6 Å². The van der Waals surface area contributed by atoms with Crippen molar-refractivity contribution in [2.24, 2.45) is 0 Å². The van der Waals surface area contributed by atoms with Crippen molar-refractivity contribution >= 4 is 34.6 Å². The SMILES string of the molecule is CCCCONC(C)=O.COCC(NC(=O)CNC(=O)OC(C)(C)C)C(=O)NCc1cccc2ccccc12. The van der Waals surface area contributed by atoms with Crippen LogP contribution in [0.25, 0.3) is 10.8 Å². The summed E-state index contributed by atoms with van der Waals surface area (Å²) >= 11 is 0. The van der Waals surface area contributed by atoms with Crippen molar-refractivity contribution in [1.82, 2.24) is 21.4 Å². The number of ether oxygens (including phenoxy) is 2. The van der Waals surface area contributed by atoms with Crippen molar-refractivity contribution in [2.75, 3.05) is 26.9 Å². The number of rotatable bonds is 12. The molecule has 0 saturated heterocycles. The van der Waals surface area contributed by atoms with E-state index in [9.17, 15) is 19.2 Å². The van der Waals surface area contributed by atoms with Gasteiger partial charge < -0.3 is 25.4 Å². The molecule has 0 radical (unpaired) electrons. The van der Waals surface area contributed by atoms with E-state index in [2.05, 4.69) is 28.4 Å². The van der Waals surface area contributed by atoms with E-state index in [4.69, 9.17) is 14.3 Å². The zero-order chi connectivity index (χ0) is 29.3. The molecule has 2 rings (SSSR count). The molecular weight excluding hydrogens is 504 g/mol. The van der Waals surface area contributed by atoms with Gasteiger partial charge >= 0.3 is 6.09 Å². The molecule has 0 aromatic heterocycles. The number of carbonyl (C=O) groups excluding carboxylic acids is 4. The van der Waals surface area contributed by atoms with E-state index in [1.807, 2.05) is 42.5 Å². The molecule has 39 heavy (non-hydrogen) atoms. The minimum absolute atomic E-state index is 0.000448. The number of hydrogen-bond donors (Lipinski definition) is 4. The lowest BCUT2D eigenvalue weighted by molar-refractivity contribution is -0.131. The quantitative estimate of drug-likeness (QED) is 0.237. The van der Waals surface area contributed by atoms with E-state index in [0.29, 0.717) is 13.2 Å². The van der Waals surface area contributed by atoms with Gasteiger partial charge in [-0.2, -0.15) is 0 Å². The predicted molar refractivity (Wildman–Crippen MR) is 149 cm³/mol. The Bertz CT molecular complexity index is 1060. The summed E-state index contributed by atoms with van der Waals surface area (Å²) in [6, 6.07) is 12.9. The van der Waals surface area contributed by atoms with Gasteiger partial charge in [0.2, 0.25) is 17.7 Å². The Labute approximate surface area is 230 Å². The van der Waals surface area contributed by atoms with Gasteiger partial charge in [-0.15, -0.1) is 0 Å². The highest BCUT2D eigenvalue weighted by molar-refractivity contribution is 5.90. The minimum Gasteiger partial charge on any atom is -0.444 e. The number of carbonyl (C=O) groups is 4. The fraction of sp³-hybridized carbons (Fsp3) is 0.500. The minimum atomic E-state index is -0.891. The van der Waals surface area contributed by atoms with Gasteiger partial charge in [-0.3, -0.25) is 19.2 Å². The second kappa shape index (κ2) is 17.7. The molecule has 4 N–H and O–H groups in total. The molecule has 216 valence electrons. The highest BCUT2D eigenvalue weighted by atomic mass is 16.6. The zero-order valence-corrected chi connectivity index (χ0v) is 23.7. The number of nitrogens with one attached hydrogen (secondary N) is 4. The molecule has 0 saturated carbocycles. The van der Waals surface area contributed by atoms with Crippen molar-refractivity contribution < 1.29 is 33.5 Å². The standard InChI is InChI=1S/C22H29N3O5.C6H13NO2/c1-22(2,3)30-21(28)24-13-19(26)25-18(14-29-4)20(27)23-12-16-10-7-9-15-8-5-6-11-17(15)16;1-3-4-5-9-7-6(2)8/h5-11,18H,12-14H2,1-4H3,(H,23,27)(H,24,28)(H,25,26);3-5H2,1-2H3,(H,7,8). The van der Waals surface area contributed by atoms with Crippen LogP contribution in [-0.2, 0) is 35.2 Å². The number of hydrogen-bond acceptors (Lipinski definition) is 7. The number of benzene rings is 2. The second-order valence-electron chi connectivity index (χ2n) is 9.65. The maximum atomic E-state index is 12.6. The molecule has 0 aliphatic carbocycles. The van der Waals surface area contributed by atoms with Crippen molar-refractivity contribution in [3.05, 3.63) is 48.0 Å². The van der Waals surface area contributed by atoms with Crippen molar-refractivity contribution in [3.63, 3.8) is 0 Å². The molecule has 2 aromatic carbocycles. The normalized spacial score (nSPS) is 11.4. The lowest BCUT2D eigenvalue weighted by Gasteiger charge is -2.20. The molecular formula is C28H42N4O7. The number of unbranched alkanes of at least 4 members (excludes halogenated alkanes) is 1. The van der Waals surface area contributed by atoms with Crippen LogP contribution in [0.2, 0.25) is 0 Å². The Hall–Kier alpha value is -3.70. The highest BCUT2D eigenvalue weighted by Crippen LogP contribution is 2.18. The number of amides is 4. The van der Waals surface area contributed by atoms with Crippen LogP contribution >= 0.6 is 0 Å². The van der Waals surface area contributed by atoms with Crippen LogP contribution in [0.4, 0.5) is 4.79 Å². The Morgan fingerprint density at radius 1 is 0.974 bits per heavy atom. The summed E-state index contributed by atoms with van der Waals surface area (Å²) in [7, 11) is 1.44. The Kier molecular flexibility index (Phi) is 15.2. The van der Waals surface area contributed by atoms with E-state index < -0.39 is 23.6 Å². The van der Waals surface area contributed by atoms with Crippen LogP contribution in [0.3, 0.4) is 0 Å². The molecule has 0 spiro atoms. The molecule has 2 aromatic rings. The first kappa shape index (κ1) is 33.3. The summed E-state index contributed by atoms with van der Waals surface area (Å²) in [4.78, 5) is 51.3. The maximum Gasteiger partial charge on any atom is 0.408 e. The van der Waals surface area contributed by atoms with Crippen LogP contribution in [0, 0.1) is 0 Å². The van der Waals surface area contributed by atoms with Gasteiger partial charge in [0.05, 0.1) is 13.2 Å². The van der Waals surface area contributed by atoms with Crippen LogP contribution in [-0.4, -0.2) is 62.3 Å². The maximum absolute atomic E-state index is 12.6. The van der Waals surface area contributed by atoms with E-state index in [0.717, 1.165) is 29.2 Å². The van der Waals surface area contributed by atoms with Crippen LogP contribution in [0.15, 0.2) is 42.5 Å². The summed E-state index contributed by atoms with van der Waals surface area (Å²) in [5.74, 6) is -1.05. The number of methoxy groups -OCH3 is 1. The summed E-state index contributed by atoms with van der Waals surface area (Å²) in [5, 5.41) is 9.89. The number of hydroxylamine groups is 1. The smallest absolute Gasteiger partial charge is 0.408 e. The third-order valence-corrected chi connectivity index (χ3v) is 4.93. The Balaban J connectivity index is 0.000000724. The van der Waals surface area contributed by atoms with Crippen molar-refractivity contribution in [3.8, 4) is 0 Å². The van der Waals surface area contributed by atoms with Crippen LogP contribution in [0.5, 0.6) is 0 Å². The summed E-state index contributed by atoms with van der Waals surface area (Å²) < 4.78 is 10.1. The van der Waals surface area contributed by atoms with Gasteiger partial charge in [-0.25, -0.2) is 10.3 Å². The first-order valence-corrected chi connectivity index (χ1v) is 12.8. The highest BCUT2D eigenvalue weighted by Gasteiger charge is 2.22. The summed E-state index contributed by atoms with van der Waals surface area (Å²) in [6.07, 6.45) is 1.36. The van der Waals surface area contributed by atoms with Crippen molar-refractivity contribution in [2.45, 2.75) is 65.6 Å². The first-order chi connectivity index (χ1) is 18.5. The molecule has 0 aliphatic rings. The lowest BCUT2D eigenvalue weighted by Crippen LogP contribution is -2.51. The Morgan fingerprint density at radius 2 is 1.67 bits per heavy atom. The average molecular weight is 547 g/mol. The first-order valence-electron chi connectivity index (χ1n) is 12.8. The molecule has 1 unspecified atom stereocenters. The topological polar surface area (TPSA) is 144 Å². The monoisotopic (exact) mass is 546 g/mol. The molecule has 0 bridgehead atoms. The lowest BCUT2D eigenvalue weighted by atomic mass is 10.0. The molecule has 0 heterocycles. The molecule has 0 fully saturated rings. The zero-order valence-electron chi connectivity index (χ0n) is 23.7. The van der Waals surface area contributed by atoms with Gasteiger partial charge in [0.1, 0.15) is 18.2 Å². The molecule has 0 aliphatic heterocycles. The van der Waals surface area contributed by atoms with Gasteiger partial charge in [-0.05, 0) is 43.5 Å². The van der Waals surface area contributed by atoms with Gasteiger partial charge in [0.25, 0.3) is 0 Å². The second-order valence-corrected chi connectivity index (χ2v) is 9.65. The predicted octanol–water partition coefficient (Wildman–Crippen LogP) is 2.97. The van der Waals surface area contributed by atoms with E-state index in [1.165, 1.54) is 14.0 Å². The third-order valence-electron chi connectivity index (χ3n) is 4.93. The van der Waals surface area contributed by atoms with E-state index in [-0.39, 0.29) is 25.0 Å². The molecule has 1 atom stereocenters. The summed E-state index contributed by atoms with van der Waals surface area (Å²) in [6.45, 7) is 9.27. The average Bonchev–Trinajstić information content (AvgIpc) is 2.87. The fourth-order valence-electron chi connectivity index (χ4n) is 3.18. The molecule has 11 nitrogen and oxygen atoms in total. The number of alkyl carbamates (subject to hydrolysis) is 1. The van der Waals surface area contributed by atoms with Crippen LogP contribution in [0.1, 0.15) is 53.0 Å². The fourth-order valence-corrected chi connectivity index (χ4v) is 3.18. The van der Waals surface area contributed by atoms with Crippen LogP contribution < -0.4 is 21.4 Å². The van der Waals surface area contributed by atoms with Gasteiger partial charge in [-0.1, -0.05) is 55.8 Å². The van der Waals surface area contributed by atoms with Crippen molar-refractivity contribution in [1.29, 1.82) is 0 Å². The summed E-state index contributed by atoms with van der Waals surface area (Å²) in [5.41, 5.74) is 2.54. The molecule has 4 amide bonds.